The highest BCUT2D eigenvalue weighted by molar-refractivity contribution is 5.83. The van der Waals surface area contributed by atoms with Gasteiger partial charge in [0.05, 0.1) is 0 Å². The first kappa shape index (κ1) is 10.6. The van der Waals surface area contributed by atoms with Crippen LogP contribution in [0.3, 0.4) is 0 Å². The SMILES string of the molecule is CCn1nnc2c(Nc3ccccn3)ncnc21. The van der Waals surface area contributed by atoms with Crippen LogP contribution in [0.5, 0.6) is 0 Å². The van der Waals surface area contributed by atoms with Gasteiger partial charge in [0.25, 0.3) is 0 Å². The summed E-state index contributed by atoms with van der Waals surface area (Å²) in [6.45, 7) is 2.71. The number of pyridine rings is 1. The molecule has 7 heteroatoms. The Morgan fingerprint density at radius 1 is 1.22 bits per heavy atom. The molecule has 0 amide bonds. The van der Waals surface area contributed by atoms with E-state index in [1.807, 2.05) is 25.1 Å². The molecule has 0 aromatic carbocycles. The Bertz CT molecular complexity index is 661. The van der Waals surface area contributed by atoms with Crippen LogP contribution in [-0.4, -0.2) is 29.9 Å². The Hall–Kier alpha value is -2.57. The van der Waals surface area contributed by atoms with Crippen molar-refractivity contribution in [1.82, 2.24) is 29.9 Å². The second-order valence-corrected chi connectivity index (χ2v) is 3.64. The predicted octanol–water partition coefficient (Wildman–Crippen LogP) is 1.38. The van der Waals surface area contributed by atoms with E-state index in [0.29, 0.717) is 22.8 Å². The maximum Gasteiger partial charge on any atom is 0.183 e. The average molecular weight is 241 g/mol. The molecule has 3 aromatic heterocycles. The number of fused-ring (bicyclic) bond motifs is 1. The molecule has 0 aliphatic heterocycles. The van der Waals surface area contributed by atoms with Crippen molar-refractivity contribution in [2.24, 2.45) is 0 Å². The minimum absolute atomic E-state index is 0.610. The minimum atomic E-state index is 0.610. The van der Waals surface area contributed by atoms with E-state index in [4.69, 9.17) is 0 Å². The van der Waals surface area contributed by atoms with Crippen molar-refractivity contribution in [2.75, 3.05) is 5.32 Å². The summed E-state index contributed by atoms with van der Waals surface area (Å²) < 4.78 is 1.72. The molecular formula is C11H11N7. The van der Waals surface area contributed by atoms with Gasteiger partial charge in [-0.05, 0) is 19.1 Å². The molecule has 3 aromatic rings. The normalized spacial score (nSPS) is 10.7. The molecule has 1 N–H and O–H groups in total. The number of anilines is 2. The smallest absolute Gasteiger partial charge is 0.183 e. The molecule has 3 rings (SSSR count). The molecule has 3 heterocycles. The van der Waals surface area contributed by atoms with E-state index in [9.17, 15) is 0 Å². The summed E-state index contributed by atoms with van der Waals surface area (Å²) in [5.74, 6) is 1.32. The zero-order valence-electron chi connectivity index (χ0n) is 9.78. The Morgan fingerprint density at radius 2 is 2.17 bits per heavy atom. The second kappa shape index (κ2) is 4.36. The number of aryl methyl sites for hydroxylation is 1. The number of aromatic nitrogens is 6. The minimum Gasteiger partial charge on any atom is -0.323 e. The number of hydrogen-bond acceptors (Lipinski definition) is 6. The third kappa shape index (κ3) is 1.75. The third-order valence-electron chi connectivity index (χ3n) is 2.51. The lowest BCUT2D eigenvalue weighted by Gasteiger charge is -2.03. The first-order valence-electron chi connectivity index (χ1n) is 5.60. The van der Waals surface area contributed by atoms with Crippen molar-refractivity contribution >= 4 is 22.8 Å². The van der Waals surface area contributed by atoms with Crippen molar-refractivity contribution in [1.29, 1.82) is 0 Å². The summed E-state index contributed by atoms with van der Waals surface area (Å²) in [6.07, 6.45) is 3.20. The molecule has 90 valence electrons. The summed E-state index contributed by atoms with van der Waals surface area (Å²) in [6, 6.07) is 5.61. The topological polar surface area (TPSA) is 81.4 Å². The molecule has 7 nitrogen and oxygen atoms in total. The average Bonchev–Trinajstić information content (AvgIpc) is 2.84. The molecule has 0 atom stereocenters. The molecule has 0 unspecified atom stereocenters. The number of hydrogen-bond donors (Lipinski definition) is 1. The van der Waals surface area contributed by atoms with Gasteiger partial charge in [0.2, 0.25) is 0 Å². The zero-order chi connectivity index (χ0) is 12.4. The molecule has 0 fully saturated rings. The van der Waals surface area contributed by atoms with E-state index in [2.05, 4.69) is 30.6 Å². The molecule has 0 spiro atoms. The van der Waals surface area contributed by atoms with Crippen LogP contribution < -0.4 is 5.32 Å². The summed E-state index contributed by atoms with van der Waals surface area (Å²) in [5.41, 5.74) is 1.36. The van der Waals surface area contributed by atoms with Gasteiger partial charge in [-0.25, -0.2) is 19.6 Å². The van der Waals surface area contributed by atoms with E-state index in [1.165, 1.54) is 6.33 Å². The Morgan fingerprint density at radius 3 is 2.94 bits per heavy atom. The van der Waals surface area contributed by atoms with E-state index < -0.39 is 0 Å². The van der Waals surface area contributed by atoms with Gasteiger partial charge in [-0.3, -0.25) is 0 Å². The van der Waals surface area contributed by atoms with Gasteiger partial charge in [-0.15, -0.1) is 5.10 Å². The highest BCUT2D eigenvalue weighted by atomic mass is 15.4. The lowest BCUT2D eigenvalue weighted by molar-refractivity contribution is 0.641. The van der Waals surface area contributed by atoms with E-state index in [1.54, 1.807) is 10.9 Å². The maximum absolute atomic E-state index is 4.18. The van der Waals surface area contributed by atoms with Gasteiger partial charge in [0.15, 0.2) is 17.0 Å². The molecule has 0 saturated carbocycles. The van der Waals surface area contributed by atoms with Gasteiger partial charge in [-0.1, -0.05) is 11.3 Å². The fourth-order valence-corrected chi connectivity index (χ4v) is 1.65. The van der Waals surface area contributed by atoms with Crippen LogP contribution in [-0.2, 0) is 6.54 Å². The Balaban J connectivity index is 2.05. The van der Waals surface area contributed by atoms with Crippen LogP contribution in [0.2, 0.25) is 0 Å². The molecule has 0 aliphatic rings. The van der Waals surface area contributed by atoms with E-state index in [-0.39, 0.29) is 0 Å². The van der Waals surface area contributed by atoms with E-state index >= 15 is 0 Å². The third-order valence-corrected chi connectivity index (χ3v) is 2.51. The van der Waals surface area contributed by atoms with Crippen LogP contribution in [0.15, 0.2) is 30.7 Å². The van der Waals surface area contributed by atoms with E-state index in [0.717, 1.165) is 6.54 Å². The monoisotopic (exact) mass is 241 g/mol. The zero-order valence-corrected chi connectivity index (χ0v) is 9.78. The summed E-state index contributed by atoms with van der Waals surface area (Å²) >= 11 is 0. The van der Waals surface area contributed by atoms with Crippen LogP contribution in [0.1, 0.15) is 6.92 Å². The molecule has 0 saturated heterocycles. The Labute approximate surface area is 103 Å². The highest BCUT2D eigenvalue weighted by Gasteiger charge is 2.10. The van der Waals surface area contributed by atoms with Crippen LogP contribution >= 0.6 is 0 Å². The quantitative estimate of drug-likeness (QED) is 0.746. The lowest BCUT2D eigenvalue weighted by atomic mass is 10.4. The summed E-state index contributed by atoms with van der Waals surface area (Å²) in [5, 5.41) is 11.2. The number of nitrogens with one attached hydrogen (secondary N) is 1. The van der Waals surface area contributed by atoms with Crippen molar-refractivity contribution in [2.45, 2.75) is 13.5 Å². The van der Waals surface area contributed by atoms with Gasteiger partial charge in [0.1, 0.15) is 12.1 Å². The van der Waals surface area contributed by atoms with Crippen molar-refractivity contribution in [3.8, 4) is 0 Å². The second-order valence-electron chi connectivity index (χ2n) is 3.64. The van der Waals surface area contributed by atoms with Crippen LogP contribution in [0.25, 0.3) is 11.2 Å². The van der Waals surface area contributed by atoms with Gasteiger partial charge >= 0.3 is 0 Å². The Kier molecular flexibility index (Phi) is 2.56. The standard InChI is InChI=1S/C11H11N7/c1-2-18-11-9(16-17-18)10(13-7-14-11)15-8-5-3-4-6-12-8/h3-7H,2H2,1H3,(H,12,13,14,15). The van der Waals surface area contributed by atoms with Crippen molar-refractivity contribution in [3.05, 3.63) is 30.7 Å². The van der Waals surface area contributed by atoms with Gasteiger partial charge in [0, 0.05) is 12.7 Å². The molecule has 0 aliphatic carbocycles. The van der Waals surface area contributed by atoms with Crippen LogP contribution in [0.4, 0.5) is 11.6 Å². The largest absolute Gasteiger partial charge is 0.323 e. The first-order chi connectivity index (χ1) is 8.88. The first-order valence-corrected chi connectivity index (χ1v) is 5.60. The molecule has 18 heavy (non-hydrogen) atoms. The lowest BCUT2D eigenvalue weighted by Crippen LogP contribution is -2.00. The van der Waals surface area contributed by atoms with Crippen molar-refractivity contribution in [3.63, 3.8) is 0 Å². The number of nitrogens with zero attached hydrogens (tertiary/aromatic N) is 6. The predicted molar refractivity (Wildman–Crippen MR) is 66.3 cm³/mol. The van der Waals surface area contributed by atoms with Crippen molar-refractivity contribution < 1.29 is 0 Å². The molecule has 0 radical (unpaired) electrons. The van der Waals surface area contributed by atoms with Gasteiger partial charge in [-0.2, -0.15) is 0 Å². The van der Waals surface area contributed by atoms with Gasteiger partial charge < -0.3 is 5.32 Å². The summed E-state index contributed by atoms with van der Waals surface area (Å²) in [4.78, 5) is 12.5. The number of rotatable bonds is 3. The summed E-state index contributed by atoms with van der Waals surface area (Å²) in [7, 11) is 0. The maximum atomic E-state index is 4.18. The van der Waals surface area contributed by atoms with Crippen LogP contribution in [0, 0.1) is 0 Å². The highest BCUT2D eigenvalue weighted by Crippen LogP contribution is 2.18. The fourth-order valence-electron chi connectivity index (χ4n) is 1.65. The molecular weight excluding hydrogens is 230 g/mol. The molecule has 0 bridgehead atoms. The fraction of sp³-hybridized carbons (Fsp3) is 0.182.